The van der Waals surface area contributed by atoms with Gasteiger partial charge in [0.05, 0.1) is 7.11 Å². The molecule has 0 aliphatic heterocycles. The zero-order valence-corrected chi connectivity index (χ0v) is 9.01. The Balaban J connectivity index is 3.23. The molecule has 2 heteroatoms. The number of hydrogen-bond acceptors (Lipinski definition) is 2. The maximum Gasteiger partial charge on any atom is 0.213 e. The second-order valence-electron chi connectivity index (χ2n) is 3.64. The first kappa shape index (κ1) is 10.0. The Morgan fingerprint density at radius 1 is 1.31 bits per heavy atom. The summed E-state index contributed by atoms with van der Waals surface area (Å²) in [4.78, 5) is 4.35. The van der Waals surface area contributed by atoms with Gasteiger partial charge in [-0.3, -0.25) is 0 Å². The van der Waals surface area contributed by atoms with Gasteiger partial charge in [0, 0.05) is 11.8 Å². The molecule has 0 aliphatic carbocycles. The third kappa shape index (κ3) is 2.00. The van der Waals surface area contributed by atoms with E-state index in [4.69, 9.17) is 4.74 Å². The number of rotatable bonds is 2. The number of ether oxygens (including phenoxy) is 1. The monoisotopic (exact) mass is 179 g/mol. The molecular formula is C11H17NO. The molecule has 13 heavy (non-hydrogen) atoms. The van der Waals surface area contributed by atoms with Crippen LogP contribution >= 0.6 is 0 Å². The van der Waals surface area contributed by atoms with Gasteiger partial charge in [-0.25, -0.2) is 4.98 Å². The van der Waals surface area contributed by atoms with Gasteiger partial charge in [-0.15, -0.1) is 0 Å². The lowest BCUT2D eigenvalue weighted by molar-refractivity contribution is 0.396. The average molecular weight is 179 g/mol. The molecule has 1 aromatic heterocycles. The van der Waals surface area contributed by atoms with E-state index in [2.05, 4.69) is 25.8 Å². The molecule has 0 saturated heterocycles. The van der Waals surface area contributed by atoms with Crippen molar-refractivity contribution in [3.8, 4) is 5.88 Å². The lowest BCUT2D eigenvalue weighted by atomic mass is 9.97. The second kappa shape index (κ2) is 3.77. The van der Waals surface area contributed by atoms with Gasteiger partial charge < -0.3 is 4.74 Å². The number of aromatic nitrogens is 1. The van der Waals surface area contributed by atoms with Gasteiger partial charge in [0.15, 0.2) is 0 Å². The summed E-state index contributed by atoms with van der Waals surface area (Å²) in [6.45, 7) is 8.50. The molecule has 0 unspecified atom stereocenters. The van der Waals surface area contributed by atoms with Gasteiger partial charge in [-0.05, 0) is 30.9 Å². The molecule has 72 valence electrons. The molecule has 1 rings (SSSR count). The van der Waals surface area contributed by atoms with Crippen LogP contribution in [0.25, 0.3) is 0 Å². The average Bonchev–Trinajstić information content (AvgIpc) is 2.02. The molecule has 1 aromatic rings. The predicted molar refractivity (Wildman–Crippen MR) is 54.4 cm³/mol. The molecule has 0 aromatic carbocycles. The largest absolute Gasteiger partial charge is 0.481 e. The first-order valence-corrected chi connectivity index (χ1v) is 4.58. The number of methoxy groups -OCH3 is 1. The highest BCUT2D eigenvalue weighted by molar-refractivity contribution is 5.35. The van der Waals surface area contributed by atoms with Gasteiger partial charge in [-0.1, -0.05) is 13.8 Å². The summed E-state index contributed by atoms with van der Waals surface area (Å²) in [6, 6.07) is 1.99. The number of pyridine rings is 1. The van der Waals surface area contributed by atoms with Crippen LogP contribution in [0.1, 0.15) is 36.6 Å². The maximum absolute atomic E-state index is 5.10. The van der Waals surface area contributed by atoms with E-state index in [0.29, 0.717) is 11.8 Å². The van der Waals surface area contributed by atoms with Crippen LogP contribution in [0.3, 0.4) is 0 Å². The van der Waals surface area contributed by atoms with E-state index in [-0.39, 0.29) is 0 Å². The summed E-state index contributed by atoms with van der Waals surface area (Å²) < 4.78 is 5.10. The minimum atomic E-state index is 0.526. The van der Waals surface area contributed by atoms with Crippen molar-refractivity contribution in [1.82, 2.24) is 4.98 Å². The summed E-state index contributed by atoms with van der Waals surface area (Å²) in [5.41, 5.74) is 3.67. The van der Waals surface area contributed by atoms with Crippen LogP contribution in [0.15, 0.2) is 6.07 Å². The van der Waals surface area contributed by atoms with E-state index in [0.717, 1.165) is 5.69 Å². The Labute approximate surface area is 80.0 Å². The van der Waals surface area contributed by atoms with E-state index >= 15 is 0 Å². The normalized spacial score (nSPS) is 10.6. The fourth-order valence-electron chi connectivity index (χ4n) is 1.78. The van der Waals surface area contributed by atoms with Crippen molar-refractivity contribution in [2.45, 2.75) is 33.6 Å². The minimum Gasteiger partial charge on any atom is -0.481 e. The standard InChI is InChI=1S/C11H17NO/c1-7(2)11-8(3)6-10(13-5)12-9(11)4/h6-7H,1-5H3. The molecular weight excluding hydrogens is 162 g/mol. The molecule has 0 atom stereocenters. The molecule has 0 amide bonds. The van der Waals surface area contributed by atoms with Gasteiger partial charge >= 0.3 is 0 Å². The topological polar surface area (TPSA) is 22.1 Å². The highest BCUT2D eigenvalue weighted by atomic mass is 16.5. The molecule has 0 bridgehead atoms. The molecule has 0 fully saturated rings. The van der Waals surface area contributed by atoms with Gasteiger partial charge in [0.2, 0.25) is 5.88 Å². The Bertz CT molecular complexity index is 282. The van der Waals surface area contributed by atoms with E-state index in [1.807, 2.05) is 13.0 Å². The third-order valence-corrected chi connectivity index (χ3v) is 2.22. The van der Waals surface area contributed by atoms with Crippen molar-refractivity contribution in [3.05, 3.63) is 22.9 Å². The lowest BCUT2D eigenvalue weighted by Gasteiger charge is -2.13. The number of hydrogen-bond donors (Lipinski definition) is 0. The van der Waals surface area contributed by atoms with E-state index in [9.17, 15) is 0 Å². The molecule has 0 saturated carbocycles. The smallest absolute Gasteiger partial charge is 0.213 e. The summed E-state index contributed by atoms with van der Waals surface area (Å²) >= 11 is 0. The van der Waals surface area contributed by atoms with Crippen molar-refractivity contribution in [2.24, 2.45) is 0 Å². The Morgan fingerprint density at radius 3 is 2.31 bits per heavy atom. The quantitative estimate of drug-likeness (QED) is 0.696. The summed E-state index contributed by atoms with van der Waals surface area (Å²) in [5.74, 6) is 1.23. The Hall–Kier alpha value is -1.05. The molecule has 0 radical (unpaired) electrons. The van der Waals surface area contributed by atoms with E-state index in [1.165, 1.54) is 11.1 Å². The molecule has 2 nitrogen and oxygen atoms in total. The summed E-state index contributed by atoms with van der Waals surface area (Å²) in [5, 5.41) is 0. The molecule has 1 heterocycles. The van der Waals surface area contributed by atoms with Crippen LogP contribution < -0.4 is 4.74 Å². The van der Waals surface area contributed by atoms with Crippen molar-refractivity contribution in [3.63, 3.8) is 0 Å². The van der Waals surface area contributed by atoms with Gasteiger partial charge in [-0.2, -0.15) is 0 Å². The van der Waals surface area contributed by atoms with Crippen LogP contribution in [-0.4, -0.2) is 12.1 Å². The zero-order valence-electron chi connectivity index (χ0n) is 9.01. The van der Waals surface area contributed by atoms with Crippen LogP contribution in [0.2, 0.25) is 0 Å². The predicted octanol–water partition coefficient (Wildman–Crippen LogP) is 2.83. The zero-order chi connectivity index (χ0) is 10.0. The van der Waals surface area contributed by atoms with Gasteiger partial charge in [0.25, 0.3) is 0 Å². The maximum atomic E-state index is 5.10. The molecule has 0 spiro atoms. The highest BCUT2D eigenvalue weighted by Crippen LogP contribution is 2.24. The molecule has 0 aliphatic rings. The fraction of sp³-hybridized carbons (Fsp3) is 0.545. The lowest BCUT2D eigenvalue weighted by Crippen LogP contribution is -2.00. The van der Waals surface area contributed by atoms with Crippen LogP contribution in [-0.2, 0) is 0 Å². The van der Waals surface area contributed by atoms with Crippen molar-refractivity contribution in [2.75, 3.05) is 7.11 Å². The first-order valence-electron chi connectivity index (χ1n) is 4.58. The van der Waals surface area contributed by atoms with E-state index in [1.54, 1.807) is 7.11 Å². The highest BCUT2D eigenvalue weighted by Gasteiger charge is 2.09. The van der Waals surface area contributed by atoms with Crippen molar-refractivity contribution >= 4 is 0 Å². The van der Waals surface area contributed by atoms with E-state index < -0.39 is 0 Å². The van der Waals surface area contributed by atoms with Crippen molar-refractivity contribution in [1.29, 1.82) is 0 Å². The number of aryl methyl sites for hydroxylation is 2. The Kier molecular flexibility index (Phi) is 2.91. The summed E-state index contributed by atoms with van der Waals surface area (Å²) in [6.07, 6.45) is 0. The minimum absolute atomic E-state index is 0.526. The fourth-order valence-corrected chi connectivity index (χ4v) is 1.78. The third-order valence-electron chi connectivity index (χ3n) is 2.22. The van der Waals surface area contributed by atoms with Crippen LogP contribution in [0.5, 0.6) is 5.88 Å². The Morgan fingerprint density at radius 2 is 1.92 bits per heavy atom. The van der Waals surface area contributed by atoms with Crippen LogP contribution in [0.4, 0.5) is 0 Å². The van der Waals surface area contributed by atoms with Crippen LogP contribution in [0, 0.1) is 13.8 Å². The SMILES string of the molecule is COc1cc(C)c(C(C)C)c(C)n1. The summed E-state index contributed by atoms with van der Waals surface area (Å²) in [7, 11) is 1.65. The molecule has 0 N–H and O–H groups in total. The van der Waals surface area contributed by atoms with Gasteiger partial charge in [0.1, 0.15) is 0 Å². The number of nitrogens with zero attached hydrogens (tertiary/aromatic N) is 1. The van der Waals surface area contributed by atoms with Crippen molar-refractivity contribution < 1.29 is 4.74 Å². The second-order valence-corrected chi connectivity index (χ2v) is 3.64. The first-order chi connectivity index (χ1) is 6.06.